The molecule has 0 aliphatic heterocycles. The van der Waals surface area contributed by atoms with Gasteiger partial charge in [0.15, 0.2) is 12.4 Å². The number of H-pyrrole nitrogens is 1. The van der Waals surface area contributed by atoms with Gasteiger partial charge in [0.2, 0.25) is 0 Å². The van der Waals surface area contributed by atoms with Gasteiger partial charge in [0, 0.05) is 12.1 Å². The Labute approximate surface area is 101 Å². The van der Waals surface area contributed by atoms with Gasteiger partial charge in [0.1, 0.15) is 0 Å². The zero-order valence-electron chi connectivity index (χ0n) is 11.2. The van der Waals surface area contributed by atoms with Crippen LogP contribution < -0.4 is 4.98 Å². The summed E-state index contributed by atoms with van der Waals surface area (Å²) < 4.78 is 0. The Kier molecular flexibility index (Phi) is 9.69. The van der Waals surface area contributed by atoms with Crippen molar-refractivity contribution in [2.75, 3.05) is 0 Å². The van der Waals surface area contributed by atoms with Crippen LogP contribution in [0.15, 0.2) is 30.6 Å². The van der Waals surface area contributed by atoms with Gasteiger partial charge >= 0.3 is 0 Å². The van der Waals surface area contributed by atoms with Crippen molar-refractivity contribution in [3.8, 4) is 0 Å². The minimum absolute atomic E-state index is 1.12. The predicted molar refractivity (Wildman–Crippen MR) is 72.1 cm³/mol. The van der Waals surface area contributed by atoms with Crippen LogP contribution in [0.5, 0.6) is 0 Å². The van der Waals surface area contributed by atoms with Crippen molar-refractivity contribution in [2.24, 2.45) is 0 Å². The Bertz CT molecular complexity index is 275. The summed E-state index contributed by atoms with van der Waals surface area (Å²) >= 11 is 0. The highest BCUT2D eigenvalue weighted by molar-refractivity contribution is 5.64. The van der Waals surface area contributed by atoms with Crippen molar-refractivity contribution < 1.29 is 4.98 Å². The van der Waals surface area contributed by atoms with Crippen LogP contribution in [0.2, 0.25) is 0 Å². The molecule has 0 saturated carbocycles. The summed E-state index contributed by atoms with van der Waals surface area (Å²) in [6, 6.07) is 4.30. The smallest absolute Gasteiger partial charge is 0.167 e. The summed E-state index contributed by atoms with van der Waals surface area (Å²) in [5.74, 6) is 0. The fraction of sp³-hybridized carbons (Fsp3) is 0.533. The number of pyridine rings is 1. The summed E-state index contributed by atoms with van der Waals surface area (Å²) in [6.45, 7) is 8.43. The van der Waals surface area contributed by atoms with E-state index in [-0.39, 0.29) is 0 Å². The third-order valence-corrected chi connectivity index (χ3v) is 2.34. The van der Waals surface area contributed by atoms with Gasteiger partial charge in [0.25, 0.3) is 0 Å². The second-order valence-electron chi connectivity index (χ2n) is 3.53. The van der Waals surface area contributed by atoms with Gasteiger partial charge in [-0.3, -0.25) is 0 Å². The van der Waals surface area contributed by atoms with Crippen molar-refractivity contribution in [1.82, 2.24) is 0 Å². The number of hydrogen-bond donors (Lipinski definition) is 0. The predicted octanol–water partition coefficient (Wildman–Crippen LogP) is 4.51. The first-order chi connectivity index (χ1) is 7.88. The summed E-state index contributed by atoms with van der Waals surface area (Å²) in [5, 5.41) is 0. The van der Waals surface area contributed by atoms with E-state index in [0.717, 1.165) is 6.42 Å². The number of nitrogens with one attached hydrogen (secondary N) is 1. The van der Waals surface area contributed by atoms with Gasteiger partial charge in [-0.2, -0.15) is 0 Å². The molecule has 0 amide bonds. The van der Waals surface area contributed by atoms with Crippen molar-refractivity contribution in [2.45, 2.75) is 53.4 Å². The van der Waals surface area contributed by atoms with Crippen LogP contribution in [-0.4, -0.2) is 0 Å². The van der Waals surface area contributed by atoms with Gasteiger partial charge in [-0.15, -0.1) is 0 Å². The molecule has 0 aliphatic rings. The second-order valence-corrected chi connectivity index (χ2v) is 3.53. The monoisotopic (exact) mass is 220 g/mol. The highest BCUT2D eigenvalue weighted by Gasteiger charge is 2.00. The average molecular weight is 220 g/mol. The molecule has 0 aliphatic carbocycles. The minimum atomic E-state index is 1.12. The molecular formula is C15H26N+. The average Bonchev–Trinajstić information content (AvgIpc) is 2.38. The lowest BCUT2D eigenvalue weighted by atomic mass is 10.0. The van der Waals surface area contributed by atoms with Gasteiger partial charge in [0.05, 0.1) is 0 Å². The molecule has 0 bridgehead atoms. The SMILES string of the molecule is CC.CC/C=C(\CCCC)c1cc[nH+]cc1. The summed E-state index contributed by atoms with van der Waals surface area (Å²) in [4.78, 5) is 3.06. The molecule has 1 N–H and O–H groups in total. The first kappa shape index (κ1) is 14.9. The Hall–Kier alpha value is -1.11. The summed E-state index contributed by atoms with van der Waals surface area (Å²) in [7, 11) is 0. The van der Waals surface area contributed by atoms with E-state index in [1.54, 1.807) is 0 Å². The molecule has 0 aromatic carbocycles. The second kappa shape index (κ2) is 10.4. The van der Waals surface area contributed by atoms with Gasteiger partial charge < -0.3 is 0 Å². The third-order valence-electron chi connectivity index (χ3n) is 2.34. The van der Waals surface area contributed by atoms with E-state index >= 15 is 0 Å². The lowest BCUT2D eigenvalue weighted by Gasteiger charge is -2.05. The zero-order valence-corrected chi connectivity index (χ0v) is 11.2. The first-order valence-electron chi connectivity index (χ1n) is 6.54. The lowest BCUT2D eigenvalue weighted by molar-refractivity contribution is -0.378. The molecule has 90 valence electrons. The van der Waals surface area contributed by atoms with Gasteiger partial charge in [-0.25, -0.2) is 4.98 Å². The quantitative estimate of drug-likeness (QED) is 0.693. The Balaban J connectivity index is 0.00000106. The van der Waals surface area contributed by atoms with Crippen molar-refractivity contribution in [1.29, 1.82) is 0 Å². The van der Waals surface area contributed by atoms with Crippen LogP contribution in [0.3, 0.4) is 0 Å². The topological polar surface area (TPSA) is 14.1 Å². The van der Waals surface area contributed by atoms with E-state index in [0.29, 0.717) is 0 Å². The molecule has 0 fully saturated rings. The minimum Gasteiger partial charge on any atom is -0.218 e. The van der Waals surface area contributed by atoms with E-state index in [1.807, 2.05) is 26.2 Å². The maximum absolute atomic E-state index is 3.06. The number of hydrogen-bond acceptors (Lipinski definition) is 0. The fourth-order valence-corrected chi connectivity index (χ4v) is 1.58. The number of aromatic nitrogens is 1. The van der Waals surface area contributed by atoms with Gasteiger partial charge in [-0.1, -0.05) is 40.2 Å². The summed E-state index contributed by atoms with van der Waals surface area (Å²) in [6.07, 6.45) is 11.2. The van der Waals surface area contributed by atoms with Crippen LogP contribution in [0, 0.1) is 0 Å². The van der Waals surface area contributed by atoms with Crippen LogP contribution in [-0.2, 0) is 0 Å². The molecule has 0 unspecified atom stereocenters. The summed E-state index contributed by atoms with van der Waals surface area (Å²) in [5.41, 5.74) is 2.85. The highest BCUT2D eigenvalue weighted by Crippen LogP contribution is 2.20. The largest absolute Gasteiger partial charge is 0.218 e. The molecule has 0 radical (unpaired) electrons. The zero-order chi connectivity index (χ0) is 12.2. The Morgan fingerprint density at radius 2 is 1.81 bits per heavy atom. The first-order valence-corrected chi connectivity index (χ1v) is 6.54. The molecule has 0 spiro atoms. The number of aromatic amines is 1. The standard InChI is InChI=1S/C13H19N.C2H6/c1-3-5-7-12(6-4-2)13-8-10-14-11-9-13;1-2/h6,8-11H,3-5,7H2,1-2H3;1-2H3/p+1/b12-6+;. The molecular weight excluding hydrogens is 194 g/mol. The molecule has 1 aromatic heterocycles. The van der Waals surface area contributed by atoms with Crippen LogP contribution in [0.25, 0.3) is 5.57 Å². The normalized spacial score (nSPS) is 10.6. The van der Waals surface area contributed by atoms with Crippen molar-refractivity contribution in [3.05, 3.63) is 36.2 Å². The van der Waals surface area contributed by atoms with Crippen LogP contribution >= 0.6 is 0 Å². The Morgan fingerprint density at radius 1 is 1.19 bits per heavy atom. The molecule has 0 saturated heterocycles. The Morgan fingerprint density at radius 3 is 2.31 bits per heavy atom. The number of allylic oxidation sites excluding steroid dienone is 2. The number of rotatable bonds is 5. The van der Waals surface area contributed by atoms with E-state index in [2.05, 4.69) is 37.0 Å². The molecule has 1 rings (SSSR count). The molecule has 1 heteroatoms. The molecule has 16 heavy (non-hydrogen) atoms. The van der Waals surface area contributed by atoms with Crippen molar-refractivity contribution >= 4 is 5.57 Å². The van der Waals surface area contributed by atoms with Crippen LogP contribution in [0.4, 0.5) is 0 Å². The van der Waals surface area contributed by atoms with Crippen LogP contribution in [0.1, 0.15) is 58.9 Å². The molecule has 1 aromatic rings. The maximum Gasteiger partial charge on any atom is 0.167 e. The fourth-order valence-electron chi connectivity index (χ4n) is 1.58. The molecule has 0 atom stereocenters. The van der Waals surface area contributed by atoms with E-state index in [9.17, 15) is 0 Å². The van der Waals surface area contributed by atoms with E-state index in [1.165, 1.54) is 30.4 Å². The molecule has 1 nitrogen and oxygen atoms in total. The van der Waals surface area contributed by atoms with E-state index in [4.69, 9.17) is 0 Å². The van der Waals surface area contributed by atoms with E-state index < -0.39 is 0 Å². The molecule has 1 heterocycles. The maximum atomic E-state index is 3.06. The lowest BCUT2D eigenvalue weighted by Crippen LogP contribution is -1.98. The van der Waals surface area contributed by atoms with Crippen molar-refractivity contribution in [3.63, 3.8) is 0 Å². The van der Waals surface area contributed by atoms with Gasteiger partial charge in [-0.05, 0) is 30.4 Å². The highest BCUT2D eigenvalue weighted by atomic mass is 14.6. The third kappa shape index (κ3) is 5.69. The number of unbranched alkanes of at least 4 members (excludes halogenated alkanes) is 1.